The Labute approximate surface area is 150 Å². The Hall–Kier alpha value is -1.02. The van der Waals surface area contributed by atoms with E-state index in [0.717, 1.165) is 55.5 Å². The highest BCUT2D eigenvalue weighted by molar-refractivity contribution is 9.10. The predicted octanol–water partition coefficient (Wildman–Crippen LogP) is 2.16. The molecule has 0 atom stereocenters. The van der Waals surface area contributed by atoms with Crippen LogP contribution in [-0.2, 0) is 24.6 Å². The Balaban J connectivity index is 1.81. The van der Waals surface area contributed by atoms with Crippen LogP contribution in [-0.4, -0.2) is 50.0 Å². The number of pyridine rings is 1. The fourth-order valence-corrected chi connectivity index (χ4v) is 4.22. The first-order valence-electron chi connectivity index (χ1n) is 8.26. The maximum Gasteiger partial charge on any atom is 0.331 e. The van der Waals surface area contributed by atoms with Crippen molar-refractivity contribution in [3.05, 3.63) is 28.5 Å². The smallest absolute Gasteiger partial charge is 0.331 e. The van der Waals surface area contributed by atoms with Gasteiger partial charge in [-0.3, -0.25) is 0 Å². The number of rotatable bonds is 4. The van der Waals surface area contributed by atoms with Gasteiger partial charge in [0.25, 0.3) is 0 Å². The van der Waals surface area contributed by atoms with E-state index in [9.17, 15) is 4.79 Å². The van der Waals surface area contributed by atoms with Crippen LogP contribution in [0.2, 0.25) is 0 Å². The molecule has 2 heterocycles. The molecule has 6 nitrogen and oxygen atoms in total. The molecule has 1 aromatic heterocycles. The van der Waals surface area contributed by atoms with Gasteiger partial charge >= 0.3 is 5.97 Å². The lowest BCUT2D eigenvalue weighted by molar-refractivity contribution is -0.170. The molecule has 2 aliphatic rings. The molecular weight excluding hydrogens is 376 g/mol. The lowest BCUT2D eigenvalue weighted by Gasteiger charge is -2.47. The molecule has 1 spiro atoms. The van der Waals surface area contributed by atoms with E-state index in [1.54, 1.807) is 6.20 Å². The van der Waals surface area contributed by atoms with Crippen LogP contribution in [0.4, 0.5) is 0 Å². The van der Waals surface area contributed by atoms with Crippen molar-refractivity contribution in [2.24, 2.45) is 0 Å². The number of esters is 1. The van der Waals surface area contributed by atoms with E-state index in [2.05, 4.69) is 26.2 Å². The molecule has 0 aromatic carbocycles. The monoisotopic (exact) mass is 398 g/mol. The second kappa shape index (κ2) is 7.47. The highest BCUT2D eigenvalue weighted by Crippen LogP contribution is 2.47. The van der Waals surface area contributed by atoms with E-state index in [4.69, 9.17) is 14.2 Å². The third kappa shape index (κ3) is 3.64. The number of halogens is 1. The van der Waals surface area contributed by atoms with Crippen molar-refractivity contribution in [3.63, 3.8) is 0 Å². The highest BCUT2D eigenvalue weighted by atomic mass is 79.9. The fraction of sp³-hybridized carbons (Fsp3) is 0.647. The van der Waals surface area contributed by atoms with E-state index < -0.39 is 5.60 Å². The van der Waals surface area contributed by atoms with Crippen LogP contribution in [0.5, 0.6) is 0 Å². The number of nitrogens with one attached hydrogen (secondary N) is 1. The van der Waals surface area contributed by atoms with Crippen molar-refractivity contribution in [3.8, 4) is 0 Å². The van der Waals surface area contributed by atoms with E-state index >= 15 is 0 Å². The maximum absolute atomic E-state index is 11.6. The summed E-state index contributed by atoms with van der Waals surface area (Å²) in [6, 6.07) is 3.90. The fourth-order valence-electron chi connectivity index (χ4n) is 3.61. The number of aromatic nitrogens is 1. The summed E-state index contributed by atoms with van der Waals surface area (Å²) < 4.78 is 17.7. The number of methoxy groups -OCH3 is 1. The number of carbonyl (C=O) groups is 1. The Morgan fingerprint density at radius 2 is 2.21 bits per heavy atom. The molecular formula is C17H23BrN2O4. The Bertz CT molecular complexity index is 580. The topological polar surface area (TPSA) is 69.7 Å². The van der Waals surface area contributed by atoms with Gasteiger partial charge in [0.05, 0.1) is 24.9 Å². The summed E-state index contributed by atoms with van der Waals surface area (Å²) in [4.78, 5) is 15.9. The quantitative estimate of drug-likeness (QED) is 0.618. The third-order valence-corrected chi connectivity index (χ3v) is 5.68. The SMILES string of the molecule is COC(=O)COC1(c2cccnc2Br)CCC2(CC1)CNCCO2. The van der Waals surface area contributed by atoms with Gasteiger partial charge in [-0.15, -0.1) is 0 Å². The van der Waals surface area contributed by atoms with Crippen molar-refractivity contribution in [1.29, 1.82) is 0 Å². The Morgan fingerprint density at radius 1 is 1.42 bits per heavy atom. The van der Waals surface area contributed by atoms with Gasteiger partial charge in [0.2, 0.25) is 0 Å². The highest BCUT2D eigenvalue weighted by Gasteiger charge is 2.47. The number of hydrogen-bond acceptors (Lipinski definition) is 6. The summed E-state index contributed by atoms with van der Waals surface area (Å²) in [5.74, 6) is -0.370. The van der Waals surface area contributed by atoms with Crippen molar-refractivity contribution >= 4 is 21.9 Å². The van der Waals surface area contributed by atoms with Gasteiger partial charge in [-0.1, -0.05) is 6.07 Å². The molecule has 1 aliphatic carbocycles. The normalized spacial score (nSPS) is 30.2. The van der Waals surface area contributed by atoms with Crippen molar-refractivity contribution in [1.82, 2.24) is 10.3 Å². The molecule has 0 radical (unpaired) electrons. The molecule has 1 saturated carbocycles. The third-order valence-electron chi connectivity index (χ3n) is 5.05. The number of ether oxygens (including phenoxy) is 3. The van der Waals surface area contributed by atoms with Crippen LogP contribution in [0, 0.1) is 0 Å². The average Bonchev–Trinajstić information content (AvgIpc) is 2.63. The zero-order valence-electron chi connectivity index (χ0n) is 13.8. The van der Waals surface area contributed by atoms with Gasteiger partial charge in [-0.05, 0) is 47.7 Å². The number of hydrogen-bond donors (Lipinski definition) is 1. The lowest BCUT2D eigenvalue weighted by atomic mass is 9.72. The van der Waals surface area contributed by atoms with Gasteiger partial charge in [0.1, 0.15) is 11.2 Å². The molecule has 3 rings (SSSR count). The van der Waals surface area contributed by atoms with Crippen LogP contribution < -0.4 is 5.32 Å². The molecule has 1 aromatic rings. The van der Waals surface area contributed by atoms with Gasteiger partial charge in [-0.25, -0.2) is 9.78 Å². The number of morpholine rings is 1. The standard InChI is InChI=1S/C17H23BrN2O4/c1-22-14(21)11-24-17(13-3-2-8-20-15(13)18)6-4-16(5-7-17)12-19-9-10-23-16/h2-3,8,19H,4-7,9-12H2,1H3. The molecule has 7 heteroatoms. The summed E-state index contributed by atoms with van der Waals surface area (Å²) >= 11 is 3.53. The summed E-state index contributed by atoms with van der Waals surface area (Å²) in [7, 11) is 1.37. The van der Waals surface area contributed by atoms with Gasteiger partial charge in [-0.2, -0.15) is 0 Å². The summed E-state index contributed by atoms with van der Waals surface area (Å²) in [6.45, 7) is 2.45. The molecule has 0 bridgehead atoms. The van der Waals surface area contributed by atoms with Crippen LogP contribution in [0.25, 0.3) is 0 Å². The zero-order chi connectivity index (χ0) is 17.0. The largest absolute Gasteiger partial charge is 0.467 e. The lowest BCUT2D eigenvalue weighted by Crippen LogP contribution is -2.54. The number of carbonyl (C=O) groups excluding carboxylic acids is 1. The van der Waals surface area contributed by atoms with Crippen LogP contribution in [0.15, 0.2) is 22.9 Å². The second-order valence-electron chi connectivity index (χ2n) is 6.41. The van der Waals surface area contributed by atoms with Crippen LogP contribution >= 0.6 is 15.9 Å². The van der Waals surface area contributed by atoms with Crippen molar-refractivity contribution in [2.45, 2.75) is 36.9 Å². The van der Waals surface area contributed by atoms with E-state index in [1.165, 1.54) is 7.11 Å². The Morgan fingerprint density at radius 3 is 2.83 bits per heavy atom. The second-order valence-corrected chi connectivity index (χ2v) is 7.16. The first-order chi connectivity index (χ1) is 11.6. The van der Waals surface area contributed by atoms with Gasteiger partial charge < -0.3 is 19.5 Å². The minimum absolute atomic E-state index is 0.0655. The van der Waals surface area contributed by atoms with Crippen LogP contribution in [0.3, 0.4) is 0 Å². The molecule has 2 fully saturated rings. The van der Waals surface area contributed by atoms with Crippen molar-refractivity contribution in [2.75, 3.05) is 33.4 Å². The molecule has 1 N–H and O–H groups in total. The van der Waals surface area contributed by atoms with Gasteiger partial charge in [0, 0.05) is 24.8 Å². The molecule has 24 heavy (non-hydrogen) atoms. The van der Waals surface area contributed by atoms with E-state index in [-0.39, 0.29) is 18.2 Å². The molecule has 1 saturated heterocycles. The molecule has 1 aliphatic heterocycles. The van der Waals surface area contributed by atoms with Crippen LogP contribution in [0.1, 0.15) is 31.2 Å². The minimum atomic E-state index is -0.548. The molecule has 132 valence electrons. The van der Waals surface area contributed by atoms with Gasteiger partial charge in [0.15, 0.2) is 0 Å². The molecule has 0 amide bonds. The Kier molecular flexibility index (Phi) is 5.54. The first-order valence-corrected chi connectivity index (χ1v) is 9.05. The summed E-state index contributed by atoms with van der Waals surface area (Å²) in [5.41, 5.74) is 0.311. The average molecular weight is 399 g/mol. The van der Waals surface area contributed by atoms with E-state index in [1.807, 2.05) is 12.1 Å². The maximum atomic E-state index is 11.6. The molecule has 0 unspecified atom stereocenters. The predicted molar refractivity (Wildman–Crippen MR) is 91.6 cm³/mol. The first kappa shape index (κ1) is 17.8. The summed E-state index contributed by atoms with van der Waals surface area (Å²) in [5, 5.41) is 3.42. The number of nitrogens with zero attached hydrogens (tertiary/aromatic N) is 1. The van der Waals surface area contributed by atoms with Crippen molar-refractivity contribution < 1.29 is 19.0 Å². The van der Waals surface area contributed by atoms with E-state index in [0.29, 0.717) is 0 Å². The summed E-state index contributed by atoms with van der Waals surface area (Å²) in [6.07, 6.45) is 5.04. The minimum Gasteiger partial charge on any atom is -0.467 e. The zero-order valence-corrected chi connectivity index (χ0v) is 15.4.